The van der Waals surface area contributed by atoms with Crippen molar-refractivity contribution in [3.63, 3.8) is 0 Å². The Hall–Kier alpha value is -3.18. The van der Waals surface area contributed by atoms with E-state index in [9.17, 15) is 22.8 Å². The van der Waals surface area contributed by atoms with Gasteiger partial charge in [-0.1, -0.05) is 6.07 Å². The van der Waals surface area contributed by atoms with Gasteiger partial charge in [0.15, 0.2) is 0 Å². The number of piperidine rings is 1. The highest BCUT2D eigenvalue weighted by Crippen LogP contribution is 2.26. The minimum atomic E-state index is -3.80. The Bertz CT molecular complexity index is 1180. The molecule has 1 aromatic heterocycles. The molecule has 10 nitrogen and oxygen atoms in total. The molecule has 1 aliphatic rings. The number of nitrogens with two attached hydrogens (primary N) is 1. The van der Waals surface area contributed by atoms with Crippen molar-refractivity contribution >= 4 is 33.4 Å². The molecule has 3 N–H and O–H groups in total. The summed E-state index contributed by atoms with van der Waals surface area (Å²) >= 11 is 0. The molecule has 0 bridgehead atoms. The average Bonchev–Trinajstić information content (AvgIpc) is 3.23. The molecule has 1 saturated heterocycles. The van der Waals surface area contributed by atoms with E-state index in [2.05, 4.69) is 5.32 Å². The first-order chi connectivity index (χ1) is 16.1. The number of carbonyl (C=O) groups excluding carboxylic acids is 3. The van der Waals surface area contributed by atoms with Crippen molar-refractivity contribution in [2.24, 2.45) is 18.7 Å². The second-order valence-corrected chi connectivity index (χ2v) is 10.2. The molecule has 0 atom stereocenters. The molecule has 3 amide bonds. The Kier molecular flexibility index (Phi) is 7.78. The van der Waals surface area contributed by atoms with E-state index in [0.717, 1.165) is 0 Å². The number of aryl methyl sites for hydroxylation is 1. The molecule has 1 aromatic carbocycles. The van der Waals surface area contributed by atoms with Crippen molar-refractivity contribution in [2.75, 3.05) is 31.5 Å². The van der Waals surface area contributed by atoms with Gasteiger partial charge >= 0.3 is 0 Å². The zero-order valence-corrected chi connectivity index (χ0v) is 20.5. The van der Waals surface area contributed by atoms with Crippen LogP contribution in [-0.2, 0) is 21.9 Å². The summed E-state index contributed by atoms with van der Waals surface area (Å²) < 4.78 is 28.6. The molecule has 0 saturated carbocycles. The highest BCUT2D eigenvalue weighted by atomic mass is 32.2. The molecule has 0 spiro atoms. The second kappa shape index (κ2) is 10.4. The molecule has 0 radical (unpaired) electrons. The summed E-state index contributed by atoms with van der Waals surface area (Å²) in [5.41, 5.74) is 6.42. The largest absolute Gasteiger partial charge is 0.364 e. The van der Waals surface area contributed by atoms with E-state index < -0.39 is 15.9 Å². The Labute approximate surface area is 199 Å². The van der Waals surface area contributed by atoms with E-state index in [1.54, 1.807) is 36.2 Å². The van der Waals surface area contributed by atoms with Crippen LogP contribution in [0.25, 0.3) is 0 Å². The fourth-order valence-corrected chi connectivity index (χ4v) is 5.64. The minimum Gasteiger partial charge on any atom is -0.364 e. The number of hydrogen-bond acceptors (Lipinski definition) is 5. The average molecular weight is 490 g/mol. The van der Waals surface area contributed by atoms with Crippen molar-refractivity contribution in [3.8, 4) is 0 Å². The van der Waals surface area contributed by atoms with Crippen LogP contribution < -0.4 is 11.1 Å². The molecule has 1 fully saturated rings. The molecular weight excluding hydrogens is 458 g/mol. The lowest BCUT2D eigenvalue weighted by Gasteiger charge is -2.30. The summed E-state index contributed by atoms with van der Waals surface area (Å²) in [6, 6.07) is 8.09. The van der Waals surface area contributed by atoms with Crippen LogP contribution in [0.1, 0.15) is 47.5 Å². The standard InChI is InChI=1S/C23H31N5O5S/c1-4-27(5-2)23(31)17-7-6-8-18(13-17)25-22(30)16-9-11-28(12-10-16)34(32,33)19-14-20(21(24)29)26(3)15-19/h6-8,13-16H,4-5,9-12H2,1-3H3,(H2,24,29)(H,25,30). The number of nitrogens with one attached hydrogen (secondary N) is 1. The lowest BCUT2D eigenvalue weighted by molar-refractivity contribution is -0.120. The van der Waals surface area contributed by atoms with E-state index in [1.807, 2.05) is 13.8 Å². The summed E-state index contributed by atoms with van der Waals surface area (Å²) in [5.74, 6) is -1.37. The van der Waals surface area contributed by atoms with E-state index in [-0.39, 0.29) is 41.4 Å². The van der Waals surface area contributed by atoms with Crippen LogP contribution in [0, 0.1) is 5.92 Å². The van der Waals surface area contributed by atoms with E-state index in [1.165, 1.54) is 21.1 Å². The lowest BCUT2D eigenvalue weighted by atomic mass is 9.97. The van der Waals surface area contributed by atoms with Crippen LogP contribution in [0.3, 0.4) is 0 Å². The normalized spacial score (nSPS) is 15.1. The number of hydrogen-bond donors (Lipinski definition) is 2. The van der Waals surface area contributed by atoms with Crippen molar-refractivity contribution in [1.82, 2.24) is 13.8 Å². The van der Waals surface area contributed by atoms with Crippen molar-refractivity contribution in [1.29, 1.82) is 0 Å². The molecule has 2 heterocycles. The third-order valence-corrected chi connectivity index (χ3v) is 7.99. The first-order valence-corrected chi connectivity index (χ1v) is 12.7. The number of rotatable bonds is 8. The van der Waals surface area contributed by atoms with Gasteiger partial charge in [0.1, 0.15) is 10.6 Å². The molecule has 0 unspecified atom stereocenters. The maximum absolute atomic E-state index is 13.0. The maximum atomic E-state index is 13.0. The van der Waals surface area contributed by atoms with E-state index >= 15 is 0 Å². The lowest BCUT2D eigenvalue weighted by Crippen LogP contribution is -2.41. The number of amides is 3. The zero-order valence-electron chi connectivity index (χ0n) is 19.7. The number of carbonyl (C=O) groups is 3. The number of anilines is 1. The molecule has 184 valence electrons. The molecule has 2 aromatic rings. The SMILES string of the molecule is CCN(CC)C(=O)c1cccc(NC(=O)C2CCN(S(=O)(=O)c3cc(C(N)=O)n(C)c3)CC2)c1. The molecule has 11 heteroatoms. The van der Waals surface area contributed by atoms with Crippen molar-refractivity contribution < 1.29 is 22.8 Å². The molecule has 34 heavy (non-hydrogen) atoms. The van der Waals surface area contributed by atoms with Crippen LogP contribution in [0.15, 0.2) is 41.4 Å². The summed E-state index contributed by atoms with van der Waals surface area (Å²) in [6.07, 6.45) is 2.08. The number of sulfonamides is 1. The fraction of sp³-hybridized carbons (Fsp3) is 0.435. The number of aromatic nitrogens is 1. The monoisotopic (exact) mass is 489 g/mol. The van der Waals surface area contributed by atoms with E-state index in [4.69, 9.17) is 5.73 Å². The highest BCUT2D eigenvalue weighted by Gasteiger charge is 2.33. The Morgan fingerprint density at radius 2 is 1.76 bits per heavy atom. The summed E-state index contributed by atoms with van der Waals surface area (Å²) in [6.45, 7) is 5.38. The quantitative estimate of drug-likeness (QED) is 0.581. The van der Waals surface area contributed by atoms with E-state index in [0.29, 0.717) is 37.2 Å². The predicted molar refractivity (Wildman–Crippen MR) is 128 cm³/mol. The van der Waals surface area contributed by atoms with Gasteiger partial charge in [-0.05, 0) is 51.0 Å². The molecule has 3 rings (SSSR count). The van der Waals surface area contributed by atoms with Crippen LogP contribution in [0.5, 0.6) is 0 Å². The molecule has 1 aliphatic heterocycles. The predicted octanol–water partition coefficient (Wildman–Crippen LogP) is 1.65. The third kappa shape index (κ3) is 5.31. The van der Waals surface area contributed by atoms with Crippen molar-refractivity contribution in [2.45, 2.75) is 31.6 Å². The Balaban J connectivity index is 1.63. The van der Waals surface area contributed by atoms with Crippen LogP contribution in [0.2, 0.25) is 0 Å². The number of primary amides is 1. The van der Waals surface area contributed by atoms with Crippen LogP contribution in [-0.4, -0.2) is 66.1 Å². The van der Waals surface area contributed by atoms with Gasteiger partial charge in [-0.3, -0.25) is 14.4 Å². The Morgan fingerprint density at radius 3 is 2.32 bits per heavy atom. The van der Waals surface area contributed by atoms with Gasteiger partial charge in [0.2, 0.25) is 15.9 Å². The Morgan fingerprint density at radius 1 is 1.12 bits per heavy atom. The van der Waals surface area contributed by atoms with Gasteiger partial charge in [-0.15, -0.1) is 0 Å². The van der Waals surface area contributed by atoms with Gasteiger partial charge in [0.25, 0.3) is 11.8 Å². The summed E-state index contributed by atoms with van der Waals surface area (Å²) in [4.78, 5) is 38.6. The summed E-state index contributed by atoms with van der Waals surface area (Å²) in [7, 11) is -2.25. The van der Waals surface area contributed by atoms with Gasteiger partial charge in [-0.25, -0.2) is 8.42 Å². The number of nitrogens with zero attached hydrogens (tertiary/aromatic N) is 3. The van der Waals surface area contributed by atoms with Crippen LogP contribution >= 0.6 is 0 Å². The van der Waals surface area contributed by atoms with Gasteiger partial charge in [0, 0.05) is 56.6 Å². The van der Waals surface area contributed by atoms with Gasteiger partial charge in [-0.2, -0.15) is 4.31 Å². The van der Waals surface area contributed by atoms with Gasteiger partial charge < -0.3 is 20.5 Å². The molecule has 0 aliphatic carbocycles. The fourth-order valence-electron chi connectivity index (χ4n) is 4.10. The zero-order chi connectivity index (χ0) is 25.0. The van der Waals surface area contributed by atoms with Gasteiger partial charge in [0.05, 0.1) is 0 Å². The first kappa shape index (κ1) is 25.4. The van der Waals surface area contributed by atoms with Crippen molar-refractivity contribution in [3.05, 3.63) is 47.8 Å². The smallest absolute Gasteiger partial charge is 0.265 e. The highest BCUT2D eigenvalue weighted by molar-refractivity contribution is 7.89. The summed E-state index contributed by atoms with van der Waals surface area (Å²) in [5, 5.41) is 2.86. The molecular formula is C23H31N5O5S. The first-order valence-electron chi connectivity index (χ1n) is 11.2. The minimum absolute atomic E-state index is 0.00128. The maximum Gasteiger partial charge on any atom is 0.265 e. The number of benzene rings is 1. The second-order valence-electron chi connectivity index (χ2n) is 8.26. The third-order valence-electron chi connectivity index (χ3n) is 6.12. The topological polar surface area (TPSA) is 135 Å². The van der Waals surface area contributed by atoms with Crippen LogP contribution in [0.4, 0.5) is 5.69 Å².